The van der Waals surface area contributed by atoms with Crippen LogP contribution in [0.3, 0.4) is 0 Å². The molecule has 7 heteroatoms. The molecule has 1 atom stereocenters. The fraction of sp³-hybridized carbons (Fsp3) is 0.286. The fourth-order valence-electron chi connectivity index (χ4n) is 2.95. The van der Waals surface area contributed by atoms with Crippen molar-refractivity contribution in [3.05, 3.63) is 59.7 Å². The molecule has 3 N–H and O–H groups in total. The molecule has 0 saturated carbocycles. The molecule has 0 heterocycles. The van der Waals surface area contributed by atoms with Crippen molar-refractivity contribution in [2.24, 2.45) is 0 Å². The second-order valence-corrected chi connectivity index (χ2v) is 6.43. The van der Waals surface area contributed by atoms with E-state index >= 15 is 0 Å². The third kappa shape index (κ3) is 4.75. The number of aryl methyl sites for hydroxylation is 1. The molecule has 0 fully saturated rings. The van der Waals surface area contributed by atoms with Crippen LogP contribution in [0, 0.1) is 0 Å². The van der Waals surface area contributed by atoms with Gasteiger partial charge in [-0.2, -0.15) is 0 Å². The predicted molar refractivity (Wildman–Crippen MR) is 106 cm³/mol. The normalized spacial score (nSPS) is 11.4. The molecule has 0 radical (unpaired) electrons. The number of carbonyl (C=O) groups excluding carboxylic acids is 3. The number of benzene rings is 2. The number of hydrogen-bond donors (Lipinski definition) is 3. The van der Waals surface area contributed by atoms with E-state index in [0.717, 1.165) is 28.9 Å². The van der Waals surface area contributed by atoms with Crippen molar-refractivity contribution in [3.63, 3.8) is 0 Å². The first kappa shape index (κ1) is 21.1. The summed E-state index contributed by atoms with van der Waals surface area (Å²) in [7, 11) is 2.68. The minimum Gasteiger partial charge on any atom is -0.357 e. The molecule has 0 aliphatic carbocycles. The summed E-state index contributed by atoms with van der Waals surface area (Å²) in [4.78, 5) is 37.4. The molecule has 148 valence electrons. The number of carbonyl (C=O) groups is 3. The molecule has 0 aliphatic rings. The third-order valence-electron chi connectivity index (χ3n) is 4.52. The van der Waals surface area contributed by atoms with Gasteiger partial charge < -0.3 is 10.2 Å². The lowest BCUT2D eigenvalue weighted by molar-refractivity contribution is -0.140. The van der Waals surface area contributed by atoms with E-state index < -0.39 is 23.8 Å². The first-order chi connectivity index (χ1) is 13.4. The van der Waals surface area contributed by atoms with Gasteiger partial charge in [0, 0.05) is 19.7 Å². The summed E-state index contributed by atoms with van der Waals surface area (Å²) < 4.78 is 0. The number of amides is 3. The van der Waals surface area contributed by atoms with Crippen LogP contribution in [0.15, 0.2) is 48.5 Å². The third-order valence-corrected chi connectivity index (χ3v) is 4.52. The Bertz CT molecular complexity index is 816. The van der Waals surface area contributed by atoms with Crippen molar-refractivity contribution >= 4 is 17.7 Å². The average molecular weight is 383 g/mol. The number of nitrogens with zero attached hydrogens (tertiary/aromatic N) is 1. The summed E-state index contributed by atoms with van der Waals surface area (Å²) in [5.74, 6) is -2.20. The molecule has 0 aromatic heterocycles. The highest BCUT2D eigenvalue weighted by molar-refractivity contribution is 6.08. The van der Waals surface area contributed by atoms with Gasteiger partial charge in [-0.3, -0.25) is 19.6 Å². The molecule has 28 heavy (non-hydrogen) atoms. The molecule has 0 saturated heterocycles. The van der Waals surface area contributed by atoms with Crippen LogP contribution >= 0.6 is 0 Å². The van der Waals surface area contributed by atoms with Crippen molar-refractivity contribution in [3.8, 4) is 11.1 Å². The number of rotatable bonds is 7. The highest BCUT2D eigenvalue weighted by atomic mass is 16.5. The summed E-state index contributed by atoms with van der Waals surface area (Å²) in [6.07, 6.45) is 2.13. The first-order valence-electron chi connectivity index (χ1n) is 9.05. The van der Waals surface area contributed by atoms with Crippen molar-refractivity contribution in [1.29, 1.82) is 0 Å². The highest BCUT2D eigenvalue weighted by Crippen LogP contribution is 2.21. The molecular formula is C21H25N3O4. The highest BCUT2D eigenvalue weighted by Gasteiger charge is 2.33. The Balaban J connectivity index is 2.20. The van der Waals surface area contributed by atoms with Gasteiger partial charge in [-0.05, 0) is 35.2 Å². The van der Waals surface area contributed by atoms with Crippen LogP contribution in [0.4, 0.5) is 0 Å². The molecule has 7 nitrogen and oxygen atoms in total. The van der Waals surface area contributed by atoms with Crippen LogP contribution in [0.1, 0.15) is 29.3 Å². The maximum absolute atomic E-state index is 12.7. The monoisotopic (exact) mass is 383 g/mol. The lowest BCUT2D eigenvalue weighted by atomic mass is 10.0. The Labute approximate surface area is 164 Å². The smallest absolute Gasteiger partial charge is 0.275 e. The zero-order valence-corrected chi connectivity index (χ0v) is 16.2. The van der Waals surface area contributed by atoms with E-state index in [2.05, 4.69) is 24.4 Å². The zero-order chi connectivity index (χ0) is 20.7. The molecular weight excluding hydrogens is 358 g/mol. The molecule has 2 aromatic rings. The van der Waals surface area contributed by atoms with Gasteiger partial charge in [0.15, 0.2) is 6.04 Å². The lowest BCUT2D eigenvalue weighted by Gasteiger charge is -2.25. The van der Waals surface area contributed by atoms with Crippen LogP contribution in [0.5, 0.6) is 0 Å². The average Bonchev–Trinajstić information content (AvgIpc) is 2.73. The molecule has 3 amide bonds. The van der Waals surface area contributed by atoms with E-state index in [1.807, 2.05) is 24.3 Å². The molecule has 0 spiro atoms. The number of nitrogens with one attached hydrogen (secondary N) is 2. The van der Waals surface area contributed by atoms with Crippen LogP contribution in [0.2, 0.25) is 0 Å². The van der Waals surface area contributed by atoms with Gasteiger partial charge in [-0.25, -0.2) is 5.48 Å². The van der Waals surface area contributed by atoms with E-state index in [9.17, 15) is 14.4 Å². The lowest BCUT2D eigenvalue weighted by Crippen LogP contribution is -2.54. The molecule has 0 aliphatic heterocycles. The molecule has 2 aromatic carbocycles. The Hall–Kier alpha value is -3.19. The second kappa shape index (κ2) is 9.66. The van der Waals surface area contributed by atoms with Crippen molar-refractivity contribution in [2.45, 2.75) is 25.8 Å². The largest absolute Gasteiger partial charge is 0.357 e. The summed E-state index contributed by atoms with van der Waals surface area (Å²) in [5.41, 5.74) is 5.02. The van der Waals surface area contributed by atoms with Crippen molar-refractivity contribution in [1.82, 2.24) is 15.7 Å². The SMILES string of the molecule is CCCc1ccc(-c2ccc(C(=O)N(C)C(C(=O)NC)C(=O)NO)cc2)cc1. The molecule has 1 unspecified atom stereocenters. The van der Waals surface area contributed by atoms with E-state index in [0.29, 0.717) is 5.56 Å². The van der Waals surface area contributed by atoms with E-state index in [1.165, 1.54) is 25.1 Å². The standard InChI is InChI=1S/C21H25N3O4/c1-4-5-14-6-8-15(9-7-14)16-10-12-17(13-11-16)21(27)24(3)18(19(25)22-2)20(26)23-28/h6-13,18,28H,4-5H2,1-3H3,(H,22,25)(H,23,26). The van der Waals surface area contributed by atoms with Crippen LogP contribution in [-0.4, -0.2) is 48.0 Å². The first-order valence-corrected chi connectivity index (χ1v) is 9.05. The van der Waals surface area contributed by atoms with Gasteiger partial charge in [-0.1, -0.05) is 49.7 Å². The van der Waals surface area contributed by atoms with Crippen LogP contribution < -0.4 is 10.8 Å². The van der Waals surface area contributed by atoms with Crippen molar-refractivity contribution < 1.29 is 19.6 Å². The Morgan fingerprint density at radius 2 is 1.50 bits per heavy atom. The van der Waals surface area contributed by atoms with E-state index in [1.54, 1.807) is 12.1 Å². The van der Waals surface area contributed by atoms with E-state index in [-0.39, 0.29) is 0 Å². The van der Waals surface area contributed by atoms with E-state index in [4.69, 9.17) is 5.21 Å². The maximum atomic E-state index is 12.7. The number of hydrogen-bond acceptors (Lipinski definition) is 4. The van der Waals surface area contributed by atoms with Gasteiger partial charge in [0.2, 0.25) is 0 Å². The Morgan fingerprint density at radius 1 is 0.964 bits per heavy atom. The molecule has 2 rings (SSSR count). The summed E-state index contributed by atoms with van der Waals surface area (Å²) in [5, 5.41) is 11.2. The van der Waals surface area contributed by atoms with Gasteiger partial charge in [-0.15, -0.1) is 0 Å². The van der Waals surface area contributed by atoms with Gasteiger partial charge in [0.25, 0.3) is 17.7 Å². The summed E-state index contributed by atoms with van der Waals surface area (Å²) in [6.45, 7) is 2.14. The fourth-order valence-corrected chi connectivity index (χ4v) is 2.95. The van der Waals surface area contributed by atoms with Crippen LogP contribution in [-0.2, 0) is 16.0 Å². The minimum absolute atomic E-state index is 0.327. The minimum atomic E-state index is -1.48. The topological polar surface area (TPSA) is 98.7 Å². The zero-order valence-electron chi connectivity index (χ0n) is 16.2. The molecule has 0 bridgehead atoms. The Morgan fingerprint density at radius 3 is 1.96 bits per heavy atom. The maximum Gasteiger partial charge on any atom is 0.275 e. The quantitative estimate of drug-likeness (QED) is 0.387. The van der Waals surface area contributed by atoms with Crippen molar-refractivity contribution in [2.75, 3.05) is 14.1 Å². The predicted octanol–water partition coefficient (Wildman–Crippen LogP) is 2.00. The number of hydroxylamine groups is 1. The van der Waals surface area contributed by atoms with Gasteiger partial charge in [0.05, 0.1) is 0 Å². The van der Waals surface area contributed by atoms with Crippen LogP contribution in [0.25, 0.3) is 11.1 Å². The van der Waals surface area contributed by atoms with Gasteiger partial charge in [0.1, 0.15) is 0 Å². The summed E-state index contributed by atoms with van der Waals surface area (Å²) in [6, 6.07) is 13.7. The van der Waals surface area contributed by atoms with Gasteiger partial charge >= 0.3 is 0 Å². The Kier molecular flexibility index (Phi) is 7.28. The second-order valence-electron chi connectivity index (χ2n) is 6.43. The number of likely N-dealkylation sites (N-methyl/N-ethyl adjacent to an activating group) is 2. The summed E-state index contributed by atoms with van der Waals surface area (Å²) >= 11 is 0.